The van der Waals surface area contributed by atoms with Gasteiger partial charge < -0.3 is 15.4 Å². The largest absolute Gasteiger partial charge is 0.444 e. The molecule has 106 valence electrons. The third kappa shape index (κ3) is 7.47. The molecule has 0 aliphatic carbocycles. The number of nitrogens with one attached hydrogen (secondary N) is 2. The molecule has 0 unspecified atom stereocenters. The van der Waals surface area contributed by atoms with E-state index in [1.807, 2.05) is 45.9 Å². The van der Waals surface area contributed by atoms with Gasteiger partial charge in [0.2, 0.25) is 0 Å². The average Bonchev–Trinajstić information content (AvgIpc) is 2.33. The molecule has 0 saturated carbocycles. The van der Waals surface area contributed by atoms with Gasteiger partial charge in [0.15, 0.2) is 0 Å². The van der Waals surface area contributed by atoms with Crippen LogP contribution >= 0.6 is 0 Å². The van der Waals surface area contributed by atoms with E-state index in [4.69, 9.17) is 4.74 Å². The van der Waals surface area contributed by atoms with E-state index in [2.05, 4.69) is 22.8 Å². The van der Waals surface area contributed by atoms with Crippen molar-refractivity contribution in [2.24, 2.45) is 0 Å². The quantitative estimate of drug-likeness (QED) is 0.859. The van der Waals surface area contributed by atoms with E-state index < -0.39 is 5.60 Å². The minimum Gasteiger partial charge on any atom is -0.444 e. The van der Waals surface area contributed by atoms with Crippen LogP contribution in [0.1, 0.15) is 33.3 Å². The monoisotopic (exact) mass is 264 g/mol. The molecule has 0 aliphatic heterocycles. The average molecular weight is 264 g/mol. The highest BCUT2D eigenvalue weighted by molar-refractivity contribution is 5.67. The van der Waals surface area contributed by atoms with Crippen LogP contribution in [-0.4, -0.2) is 24.3 Å². The van der Waals surface area contributed by atoms with Crippen molar-refractivity contribution in [2.45, 2.75) is 45.9 Å². The second kappa shape index (κ2) is 7.14. The first-order valence-electron chi connectivity index (χ1n) is 6.61. The van der Waals surface area contributed by atoms with Gasteiger partial charge in [-0.3, -0.25) is 0 Å². The maximum atomic E-state index is 11.5. The maximum Gasteiger partial charge on any atom is 0.407 e. The summed E-state index contributed by atoms with van der Waals surface area (Å²) in [5.41, 5.74) is 0.775. The lowest BCUT2D eigenvalue weighted by Gasteiger charge is -2.21. The topological polar surface area (TPSA) is 50.4 Å². The van der Waals surface area contributed by atoms with E-state index >= 15 is 0 Å². The molecule has 0 fully saturated rings. The number of alkyl carbamates (subject to hydrolysis) is 1. The molecule has 1 rings (SSSR count). The van der Waals surface area contributed by atoms with Crippen molar-refractivity contribution >= 4 is 6.09 Å². The van der Waals surface area contributed by atoms with Crippen LogP contribution < -0.4 is 10.6 Å². The van der Waals surface area contributed by atoms with Gasteiger partial charge in [-0.15, -0.1) is 0 Å². The van der Waals surface area contributed by atoms with Crippen molar-refractivity contribution in [1.29, 1.82) is 0 Å². The summed E-state index contributed by atoms with van der Waals surface area (Å²) in [5.74, 6) is 0. The molecule has 0 spiro atoms. The Balaban J connectivity index is 2.21. The maximum absolute atomic E-state index is 11.5. The molecule has 4 nitrogen and oxygen atoms in total. The van der Waals surface area contributed by atoms with Gasteiger partial charge in [0.25, 0.3) is 0 Å². The molecule has 1 atom stereocenters. The van der Waals surface area contributed by atoms with E-state index in [0.717, 1.165) is 6.54 Å². The van der Waals surface area contributed by atoms with E-state index in [9.17, 15) is 4.79 Å². The van der Waals surface area contributed by atoms with Crippen LogP contribution in [0.25, 0.3) is 0 Å². The summed E-state index contributed by atoms with van der Waals surface area (Å²) in [5, 5.41) is 6.10. The molecular weight excluding hydrogens is 240 g/mol. The predicted octanol–water partition coefficient (Wildman–Crippen LogP) is 2.69. The molecule has 19 heavy (non-hydrogen) atoms. The van der Waals surface area contributed by atoms with E-state index in [0.29, 0.717) is 6.54 Å². The Labute approximate surface area is 115 Å². The van der Waals surface area contributed by atoms with Crippen molar-refractivity contribution in [2.75, 3.05) is 6.54 Å². The molecule has 1 aromatic carbocycles. The number of carbonyl (C=O) groups excluding carboxylic acids is 1. The minimum atomic E-state index is -0.454. The fourth-order valence-corrected chi connectivity index (χ4v) is 1.51. The first-order chi connectivity index (χ1) is 8.87. The standard InChI is InChI=1S/C15H24N2O2/c1-12(10-17-14(18)19-15(2,3)4)16-11-13-8-6-5-7-9-13/h5-9,12,16H,10-11H2,1-4H3,(H,17,18)/t12-/m1/s1. The lowest BCUT2D eigenvalue weighted by molar-refractivity contribution is 0.0523. The van der Waals surface area contributed by atoms with E-state index in [1.165, 1.54) is 5.56 Å². The number of carbonyl (C=O) groups is 1. The zero-order valence-electron chi connectivity index (χ0n) is 12.2. The highest BCUT2D eigenvalue weighted by Crippen LogP contribution is 2.06. The van der Waals surface area contributed by atoms with Crippen LogP contribution in [0.5, 0.6) is 0 Å². The normalized spacial score (nSPS) is 12.8. The lowest BCUT2D eigenvalue weighted by Crippen LogP contribution is -2.40. The Hall–Kier alpha value is -1.55. The Morgan fingerprint density at radius 3 is 2.47 bits per heavy atom. The van der Waals surface area contributed by atoms with Crippen molar-refractivity contribution in [3.05, 3.63) is 35.9 Å². The number of hydrogen-bond donors (Lipinski definition) is 2. The summed E-state index contributed by atoms with van der Waals surface area (Å²) < 4.78 is 5.17. The van der Waals surface area contributed by atoms with Crippen molar-refractivity contribution in [3.63, 3.8) is 0 Å². The van der Waals surface area contributed by atoms with Crippen LogP contribution in [0.3, 0.4) is 0 Å². The molecule has 0 bridgehead atoms. The molecular formula is C15H24N2O2. The molecule has 2 N–H and O–H groups in total. The fourth-order valence-electron chi connectivity index (χ4n) is 1.51. The molecule has 0 aliphatic rings. The summed E-state index contributed by atoms with van der Waals surface area (Å²) in [6.45, 7) is 8.91. The highest BCUT2D eigenvalue weighted by Gasteiger charge is 2.16. The van der Waals surface area contributed by atoms with Gasteiger partial charge in [-0.2, -0.15) is 0 Å². The Kier molecular flexibility index (Phi) is 5.83. The Bertz CT molecular complexity index is 385. The number of ether oxygens (including phenoxy) is 1. The summed E-state index contributed by atoms with van der Waals surface area (Å²) in [4.78, 5) is 11.5. The number of amides is 1. The van der Waals surface area contributed by atoms with Gasteiger partial charge in [0, 0.05) is 19.1 Å². The van der Waals surface area contributed by atoms with Crippen LogP contribution in [-0.2, 0) is 11.3 Å². The second-order valence-corrected chi connectivity index (χ2v) is 5.65. The van der Waals surface area contributed by atoms with E-state index in [-0.39, 0.29) is 12.1 Å². The zero-order valence-corrected chi connectivity index (χ0v) is 12.2. The Morgan fingerprint density at radius 1 is 1.26 bits per heavy atom. The molecule has 0 saturated heterocycles. The van der Waals surface area contributed by atoms with Gasteiger partial charge >= 0.3 is 6.09 Å². The van der Waals surface area contributed by atoms with Crippen molar-refractivity contribution in [3.8, 4) is 0 Å². The zero-order chi connectivity index (χ0) is 14.3. The number of hydrogen-bond acceptors (Lipinski definition) is 3. The molecule has 1 amide bonds. The van der Waals surface area contributed by atoms with Crippen LogP contribution in [0.2, 0.25) is 0 Å². The molecule has 0 heterocycles. The van der Waals surface area contributed by atoms with Crippen LogP contribution in [0.4, 0.5) is 4.79 Å². The molecule has 0 radical (unpaired) electrons. The van der Waals surface area contributed by atoms with Gasteiger partial charge in [-0.25, -0.2) is 4.79 Å². The molecule has 0 aromatic heterocycles. The van der Waals surface area contributed by atoms with Gasteiger partial charge in [0.1, 0.15) is 5.60 Å². The SMILES string of the molecule is C[C@H](CNC(=O)OC(C)(C)C)NCc1ccccc1. The number of benzene rings is 1. The predicted molar refractivity (Wildman–Crippen MR) is 77.0 cm³/mol. The third-order valence-electron chi connectivity index (χ3n) is 2.45. The van der Waals surface area contributed by atoms with Crippen LogP contribution in [0.15, 0.2) is 30.3 Å². The first-order valence-corrected chi connectivity index (χ1v) is 6.61. The minimum absolute atomic E-state index is 0.188. The smallest absolute Gasteiger partial charge is 0.407 e. The Morgan fingerprint density at radius 2 is 1.89 bits per heavy atom. The van der Waals surface area contributed by atoms with Gasteiger partial charge in [-0.1, -0.05) is 30.3 Å². The first kappa shape index (κ1) is 15.5. The molecule has 4 heteroatoms. The molecule has 1 aromatic rings. The fraction of sp³-hybridized carbons (Fsp3) is 0.533. The summed E-state index contributed by atoms with van der Waals surface area (Å²) in [6.07, 6.45) is -0.374. The second-order valence-electron chi connectivity index (χ2n) is 5.65. The third-order valence-corrected chi connectivity index (χ3v) is 2.45. The summed E-state index contributed by atoms with van der Waals surface area (Å²) >= 11 is 0. The van der Waals surface area contributed by atoms with Gasteiger partial charge in [0.05, 0.1) is 0 Å². The number of rotatable bonds is 5. The van der Waals surface area contributed by atoms with Crippen molar-refractivity contribution < 1.29 is 9.53 Å². The summed E-state index contributed by atoms with van der Waals surface area (Å²) in [7, 11) is 0. The summed E-state index contributed by atoms with van der Waals surface area (Å²) in [6, 6.07) is 10.4. The van der Waals surface area contributed by atoms with Gasteiger partial charge in [-0.05, 0) is 33.3 Å². The lowest BCUT2D eigenvalue weighted by atomic mass is 10.2. The van der Waals surface area contributed by atoms with E-state index in [1.54, 1.807) is 0 Å². The van der Waals surface area contributed by atoms with Crippen LogP contribution in [0, 0.1) is 0 Å². The highest BCUT2D eigenvalue weighted by atomic mass is 16.6. The van der Waals surface area contributed by atoms with Crippen molar-refractivity contribution in [1.82, 2.24) is 10.6 Å².